The summed E-state index contributed by atoms with van der Waals surface area (Å²) in [5, 5.41) is 0. The zero-order chi connectivity index (χ0) is 49.7. The maximum atomic E-state index is 5.65. The molecule has 9 aromatic carbocycles. The molecular weight excluding hydrogens is 906 g/mol. The van der Waals surface area contributed by atoms with Crippen LogP contribution in [0, 0.1) is 0 Å². The van der Waals surface area contributed by atoms with Crippen molar-refractivity contribution in [3.05, 3.63) is 242 Å². The highest BCUT2D eigenvalue weighted by Crippen LogP contribution is 2.49. The monoisotopic (exact) mass is 965 g/mol. The summed E-state index contributed by atoms with van der Waals surface area (Å²) in [5.41, 5.74) is 25.6. The van der Waals surface area contributed by atoms with Crippen molar-refractivity contribution in [2.75, 3.05) is 9.80 Å². The van der Waals surface area contributed by atoms with Crippen molar-refractivity contribution in [2.45, 2.75) is 76.0 Å². The number of nitrogens with zero attached hydrogens (tertiary/aromatic N) is 3. The van der Waals surface area contributed by atoms with Crippen LogP contribution in [0.5, 0.6) is 0 Å². The highest BCUT2D eigenvalue weighted by molar-refractivity contribution is 7.00. The number of pyridine rings is 1. The van der Waals surface area contributed by atoms with E-state index >= 15 is 0 Å². The van der Waals surface area contributed by atoms with Crippen molar-refractivity contribution >= 4 is 57.2 Å². The Morgan fingerprint density at radius 1 is 0.307 bits per heavy atom. The Morgan fingerprint density at radius 2 is 0.680 bits per heavy atom. The molecule has 2 saturated carbocycles. The third kappa shape index (κ3) is 8.47. The second-order valence-corrected chi connectivity index (χ2v) is 21.5. The maximum absolute atomic E-state index is 5.65. The largest absolute Gasteiger partial charge is 0.311 e. The molecule has 0 atom stereocenters. The van der Waals surface area contributed by atoms with Gasteiger partial charge in [0.15, 0.2) is 0 Å². The molecule has 10 aromatic rings. The second kappa shape index (κ2) is 19.6. The number of rotatable bonds is 9. The predicted octanol–water partition coefficient (Wildman–Crippen LogP) is 17.6. The van der Waals surface area contributed by atoms with Crippen LogP contribution in [0.15, 0.2) is 231 Å². The lowest BCUT2D eigenvalue weighted by atomic mass is 9.33. The van der Waals surface area contributed by atoms with Crippen LogP contribution >= 0.6 is 0 Å². The van der Waals surface area contributed by atoms with Crippen LogP contribution in [0.1, 0.15) is 87.2 Å². The quantitative estimate of drug-likeness (QED) is 0.134. The van der Waals surface area contributed by atoms with E-state index in [1.165, 1.54) is 142 Å². The second-order valence-electron chi connectivity index (χ2n) is 21.5. The SMILES string of the molecule is c1ccc(-c2ccc(N3c4cc(C5CCCCC5)ccc4B4c5ccc(C6CCCCC6)cc5N(c5ccc(-c6ccccc6)cc5)c5cc(-c6cc(-c7ccccc7)cc(-c7ccccc7)n6)cc3c54)cc2)cc1. The Hall–Kier alpha value is -8.21. The number of hydrogen-bond donors (Lipinski definition) is 0. The van der Waals surface area contributed by atoms with Gasteiger partial charge in [-0.25, -0.2) is 4.98 Å². The van der Waals surface area contributed by atoms with Gasteiger partial charge in [-0.1, -0.05) is 208 Å². The molecule has 0 radical (unpaired) electrons. The highest BCUT2D eigenvalue weighted by Gasteiger charge is 2.44. The van der Waals surface area contributed by atoms with E-state index in [0.717, 1.165) is 39.5 Å². The molecule has 4 heteroatoms. The maximum Gasteiger partial charge on any atom is 0.252 e. The summed E-state index contributed by atoms with van der Waals surface area (Å²) < 4.78 is 0. The zero-order valence-corrected chi connectivity index (χ0v) is 42.6. The molecule has 75 heavy (non-hydrogen) atoms. The van der Waals surface area contributed by atoms with Gasteiger partial charge in [0.05, 0.1) is 11.4 Å². The van der Waals surface area contributed by atoms with Crippen LogP contribution in [-0.2, 0) is 0 Å². The van der Waals surface area contributed by atoms with Gasteiger partial charge in [-0.05, 0) is 159 Å². The van der Waals surface area contributed by atoms with Crippen molar-refractivity contribution in [1.29, 1.82) is 0 Å². The van der Waals surface area contributed by atoms with Crippen LogP contribution in [0.4, 0.5) is 34.1 Å². The average molecular weight is 966 g/mol. The molecule has 0 saturated heterocycles. The fourth-order valence-corrected chi connectivity index (χ4v) is 13.2. The van der Waals surface area contributed by atoms with Crippen LogP contribution < -0.4 is 26.2 Å². The molecule has 0 bridgehead atoms. The average Bonchev–Trinajstić information content (AvgIpc) is 3.50. The van der Waals surface area contributed by atoms with Crippen LogP contribution in [0.3, 0.4) is 0 Å². The van der Waals surface area contributed by atoms with Crippen molar-refractivity contribution in [2.24, 2.45) is 0 Å². The Labute approximate surface area is 443 Å². The van der Waals surface area contributed by atoms with Gasteiger partial charge in [0.25, 0.3) is 6.71 Å². The molecule has 0 spiro atoms. The molecule has 0 amide bonds. The standard InChI is InChI=1S/C71H60BN3/c1-7-19-49(20-8-1)54-31-37-61(38-32-54)74-67-45-57(51-23-11-3-12-24-51)35-41-63(67)72-64-42-36-58(52-25-13-4-14-26-52)46-68(64)75(62-39-33-55(34-40-62)50-21-9-2-10-22-50)70-48-60(47-69(74)71(70)72)66-44-59(53-27-15-5-16-28-53)43-65(73-66)56-29-17-6-18-30-56/h1-2,5-10,15-22,27-48,51-52H,3-4,11-14,23-26H2. The molecule has 3 heterocycles. The minimum absolute atomic E-state index is 0.0121. The van der Waals surface area contributed by atoms with Crippen molar-refractivity contribution in [3.8, 4) is 55.9 Å². The topological polar surface area (TPSA) is 19.4 Å². The third-order valence-corrected chi connectivity index (χ3v) is 17.0. The molecule has 362 valence electrons. The van der Waals surface area contributed by atoms with E-state index in [1.54, 1.807) is 0 Å². The first kappa shape index (κ1) is 45.4. The summed E-state index contributed by atoms with van der Waals surface area (Å²) in [6.45, 7) is 0.0121. The number of fused-ring (bicyclic) bond motifs is 4. The Morgan fingerprint density at radius 3 is 1.11 bits per heavy atom. The molecule has 2 fully saturated rings. The van der Waals surface area contributed by atoms with E-state index in [0.29, 0.717) is 11.8 Å². The highest BCUT2D eigenvalue weighted by atomic mass is 15.2. The van der Waals surface area contributed by atoms with E-state index in [4.69, 9.17) is 4.98 Å². The van der Waals surface area contributed by atoms with E-state index in [-0.39, 0.29) is 6.71 Å². The van der Waals surface area contributed by atoms with Gasteiger partial charge in [-0.3, -0.25) is 0 Å². The zero-order valence-electron chi connectivity index (χ0n) is 42.6. The number of benzene rings is 9. The lowest BCUT2D eigenvalue weighted by Crippen LogP contribution is -2.61. The van der Waals surface area contributed by atoms with Crippen LogP contribution in [-0.4, -0.2) is 11.7 Å². The van der Waals surface area contributed by atoms with E-state index < -0.39 is 0 Å². The minimum atomic E-state index is 0.0121. The third-order valence-electron chi connectivity index (χ3n) is 17.0. The summed E-state index contributed by atoms with van der Waals surface area (Å²) >= 11 is 0. The van der Waals surface area contributed by atoms with Crippen LogP contribution in [0.25, 0.3) is 55.9 Å². The Kier molecular flexibility index (Phi) is 11.9. The van der Waals surface area contributed by atoms with E-state index in [2.05, 4.69) is 240 Å². The fraction of sp³-hybridized carbons (Fsp3) is 0.169. The predicted molar refractivity (Wildman–Crippen MR) is 317 cm³/mol. The number of aromatic nitrogens is 1. The normalized spacial score (nSPS) is 15.3. The van der Waals surface area contributed by atoms with E-state index in [1.807, 2.05) is 0 Å². The van der Waals surface area contributed by atoms with Gasteiger partial charge in [0.1, 0.15) is 0 Å². The fourth-order valence-electron chi connectivity index (χ4n) is 13.2. The summed E-state index contributed by atoms with van der Waals surface area (Å²) in [6, 6.07) is 86.6. The first-order chi connectivity index (χ1) is 37.2. The molecule has 14 rings (SSSR count). The Balaban J connectivity index is 1.05. The molecule has 2 aliphatic heterocycles. The summed E-state index contributed by atoms with van der Waals surface area (Å²) in [5.74, 6) is 1.11. The first-order valence-electron chi connectivity index (χ1n) is 27.7. The number of hydrogen-bond acceptors (Lipinski definition) is 3. The van der Waals surface area contributed by atoms with Crippen molar-refractivity contribution < 1.29 is 0 Å². The molecule has 4 aliphatic rings. The molecule has 1 aromatic heterocycles. The van der Waals surface area contributed by atoms with Crippen LogP contribution in [0.2, 0.25) is 0 Å². The first-order valence-corrected chi connectivity index (χ1v) is 27.7. The van der Waals surface area contributed by atoms with Gasteiger partial charge in [-0.2, -0.15) is 0 Å². The van der Waals surface area contributed by atoms with Gasteiger partial charge >= 0.3 is 0 Å². The molecular formula is C71H60BN3. The molecule has 3 nitrogen and oxygen atoms in total. The summed E-state index contributed by atoms with van der Waals surface area (Å²) in [6.07, 6.45) is 12.8. The number of anilines is 6. The van der Waals surface area contributed by atoms with Gasteiger partial charge in [0.2, 0.25) is 0 Å². The van der Waals surface area contributed by atoms with E-state index in [9.17, 15) is 0 Å². The van der Waals surface area contributed by atoms with Gasteiger partial charge < -0.3 is 9.80 Å². The smallest absolute Gasteiger partial charge is 0.252 e. The lowest BCUT2D eigenvalue weighted by Gasteiger charge is -2.45. The van der Waals surface area contributed by atoms with Gasteiger partial charge in [0, 0.05) is 45.3 Å². The molecule has 0 unspecified atom stereocenters. The van der Waals surface area contributed by atoms with Crippen molar-refractivity contribution in [1.82, 2.24) is 4.98 Å². The molecule has 2 aliphatic carbocycles. The van der Waals surface area contributed by atoms with Gasteiger partial charge in [-0.15, -0.1) is 0 Å². The summed E-state index contributed by atoms with van der Waals surface area (Å²) in [4.78, 5) is 10.9. The molecule has 0 N–H and O–H groups in total. The Bertz CT molecular complexity index is 3420. The van der Waals surface area contributed by atoms with Crippen molar-refractivity contribution in [3.63, 3.8) is 0 Å². The minimum Gasteiger partial charge on any atom is -0.311 e. The lowest BCUT2D eigenvalue weighted by molar-refractivity contribution is 0.444. The summed E-state index contributed by atoms with van der Waals surface area (Å²) in [7, 11) is 0.